The topological polar surface area (TPSA) is 73.2 Å². The molecule has 1 heterocycles. The molecule has 0 unspecified atom stereocenters. The minimum absolute atomic E-state index is 0.124. The van der Waals surface area contributed by atoms with E-state index < -0.39 is 0 Å². The van der Waals surface area contributed by atoms with E-state index in [4.69, 9.17) is 4.74 Å². The summed E-state index contributed by atoms with van der Waals surface area (Å²) >= 11 is 0. The van der Waals surface area contributed by atoms with E-state index in [2.05, 4.69) is 10.3 Å². The first-order valence-electron chi connectivity index (χ1n) is 11.5. The van der Waals surface area contributed by atoms with E-state index in [0.29, 0.717) is 46.0 Å². The van der Waals surface area contributed by atoms with Gasteiger partial charge in [-0.2, -0.15) is 0 Å². The van der Waals surface area contributed by atoms with Crippen molar-refractivity contribution in [2.75, 3.05) is 11.9 Å². The molecule has 4 aromatic carbocycles. The summed E-state index contributed by atoms with van der Waals surface area (Å²) in [5.41, 5.74) is 3.23. The van der Waals surface area contributed by atoms with Crippen molar-refractivity contribution in [3.63, 3.8) is 0 Å². The molecule has 0 fully saturated rings. The average molecular weight is 464 g/mol. The third-order valence-corrected chi connectivity index (χ3v) is 6.08. The highest BCUT2D eigenvalue weighted by atomic mass is 16.5. The Morgan fingerprint density at radius 1 is 0.943 bits per heavy atom. The van der Waals surface area contributed by atoms with Gasteiger partial charge < -0.3 is 10.1 Å². The Balaban J connectivity index is 1.53. The van der Waals surface area contributed by atoms with Crippen LogP contribution < -0.4 is 15.6 Å². The molecule has 0 aliphatic heterocycles. The number of fused-ring (bicyclic) bond motifs is 2. The van der Waals surface area contributed by atoms with Gasteiger partial charge >= 0.3 is 0 Å². The number of aryl methyl sites for hydroxylation is 2. The number of benzene rings is 4. The van der Waals surface area contributed by atoms with E-state index in [1.165, 1.54) is 0 Å². The quantitative estimate of drug-likeness (QED) is 0.357. The average Bonchev–Trinajstić information content (AvgIpc) is 2.85. The van der Waals surface area contributed by atoms with Crippen LogP contribution in [0.25, 0.3) is 27.4 Å². The molecule has 0 aliphatic carbocycles. The maximum Gasteiger partial charge on any atom is 0.265 e. The molecule has 0 radical (unpaired) electrons. The van der Waals surface area contributed by atoms with Gasteiger partial charge in [0.15, 0.2) is 0 Å². The lowest BCUT2D eigenvalue weighted by Crippen LogP contribution is -2.22. The Hall–Kier alpha value is -4.45. The molecule has 174 valence electrons. The first-order chi connectivity index (χ1) is 17.0. The first kappa shape index (κ1) is 22.3. The van der Waals surface area contributed by atoms with Crippen LogP contribution in [0.2, 0.25) is 0 Å². The monoisotopic (exact) mass is 463 g/mol. The number of nitrogens with one attached hydrogen (secondary N) is 1. The highest BCUT2D eigenvalue weighted by molar-refractivity contribution is 6.15. The predicted octanol–water partition coefficient (Wildman–Crippen LogP) is 5.81. The molecule has 0 saturated carbocycles. The van der Waals surface area contributed by atoms with E-state index in [9.17, 15) is 9.59 Å². The Morgan fingerprint density at radius 3 is 2.46 bits per heavy atom. The Labute approximate surface area is 202 Å². The van der Waals surface area contributed by atoms with Crippen molar-refractivity contribution in [3.8, 4) is 11.4 Å². The molecular weight excluding hydrogens is 438 g/mol. The number of rotatable bonds is 5. The van der Waals surface area contributed by atoms with Gasteiger partial charge in [-0.05, 0) is 73.5 Å². The number of hydrogen-bond acceptors (Lipinski definition) is 4. The molecule has 5 aromatic rings. The maximum absolute atomic E-state index is 13.4. The molecule has 0 bridgehead atoms. The highest BCUT2D eigenvalue weighted by Gasteiger charge is 2.18. The summed E-state index contributed by atoms with van der Waals surface area (Å²) in [7, 11) is 0. The molecule has 35 heavy (non-hydrogen) atoms. The van der Waals surface area contributed by atoms with E-state index in [-0.39, 0.29) is 11.5 Å². The van der Waals surface area contributed by atoms with Gasteiger partial charge in [0, 0.05) is 5.69 Å². The number of para-hydroxylation sites is 1. The van der Waals surface area contributed by atoms with Gasteiger partial charge in [0.05, 0.1) is 28.8 Å². The van der Waals surface area contributed by atoms with Crippen molar-refractivity contribution in [1.82, 2.24) is 9.55 Å². The van der Waals surface area contributed by atoms with Gasteiger partial charge in [-0.3, -0.25) is 14.2 Å². The normalized spacial score (nSPS) is 11.1. The SMILES string of the molecule is CCOc1ccc2ccccc2c1C(=O)Nc1ccc(-n2c(C)nc3ccccc3c2=O)cc1C. The number of anilines is 1. The summed E-state index contributed by atoms with van der Waals surface area (Å²) in [6.45, 7) is 6.07. The number of amides is 1. The number of hydrogen-bond donors (Lipinski definition) is 1. The third kappa shape index (κ3) is 4.04. The number of carbonyl (C=O) groups is 1. The molecule has 0 spiro atoms. The minimum Gasteiger partial charge on any atom is -0.493 e. The molecule has 0 atom stereocenters. The van der Waals surface area contributed by atoms with Crippen LogP contribution >= 0.6 is 0 Å². The van der Waals surface area contributed by atoms with Crippen LogP contribution in [-0.2, 0) is 0 Å². The van der Waals surface area contributed by atoms with Gasteiger partial charge in [-0.15, -0.1) is 0 Å². The molecule has 0 aliphatic rings. The molecule has 0 saturated heterocycles. The number of ether oxygens (including phenoxy) is 1. The molecule has 1 aromatic heterocycles. The summed E-state index contributed by atoms with van der Waals surface area (Å²) in [4.78, 5) is 31.2. The Kier molecular flexibility index (Phi) is 5.79. The second kappa shape index (κ2) is 9.06. The zero-order chi connectivity index (χ0) is 24.5. The van der Waals surface area contributed by atoms with Gasteiger partial charge in [0.25, 0.3) is 11.5 Å². The molecular formula is C29H25N3O3. The van der Waals surface area contributed by atoms with Crippen LogP contribution in [0.5, 0.6) is 5.75 Å². The van der Waals surface area contributed by atoms with Gasteiger partial charge in [0.1, 0.15) is 11.6 Å². The summed E-state index contributed by atoms with van der Waals surface area (Å²) in [6, 6.07) is 24.4. The van der Waals surface area contributed by atoms with Crippen LogP contribution in [0, 0.1) is 13.8 Å². The van der Waals surface area contributed by atoms with Crippen molar-refractivity contribution in [3.05, 3.63) is 106 Å². The summed E-state index contributed by atoms with van der Waals surface area (Å²) in [5.74, 6) is 0.895. The van der Waals surface area contributed by atoms with E-state index >= 15 is 0 Å². The standard InChI is InChI=1S/C29H25N3O3/c1-4-35-26-16-13-20-9-5-6-10-22(20)27(26)28(33)31-24-15-14-21(17-18(24)2)32-19(3)30-25-12-8-7-11-23(25)29(32)34/h5-17H,4H2,1-3H3,(H,31,33). The van der Waals surface area contributed by atoms with Crippen LogP contribution in [0.15, 0.2) is 83.7 Å². The molecule has 1 amide bonds. The van der Waals surface area contributed by atoms with E-state index in [1.54, 1.807) is 10.6 Å². The van der Waals surface area contributed by atoms with Crippen LogP contribution in [0.4, 0.5) is 5.69 Å². The molecule has 5 rings (SSSR count). The Morgan fingerprint density at radius 2 is 1.69 bits per heavy atom. The van der Waals surface area contributed by atoms with Crippen LogP contribution in [-0.4, -0.2) is 22.1 Å². The summed E-state index contributed by atoms with van der Waals surface area (Å²) < 4.78 is 7.36. The Bertz CT molecular complexity index is 1650. The predicted molar refractivity (Wildman–Crippen MR) is 140 cm³/mol. The van der Waals surface area contributed by atoms with Crippen molar-refractivity contribution >= 4 is 33.3 Å². The van der Waals surface area contributed by atoms with Crippen molar-refractivity contribution in [1.29, 1.82) is 0 Å². The van der Waals surface area contributed by atoms with Crippen LogP contribution in [0.1, 0.15) is 28.7 Å². The lowest BCUT2D eigenvalue weighted by atomic mass is 10.0. The van der Waals surface area contributed by atoms with Crippen molar-refractivity contribution in [2.24, 2.45) is 0 Å². The smallest absolute Gasteiger partial charge is 0.265 e. The van der Waals surface area contributed by atoms with Crippen molar-refractivity contribution in [2.45, 2.75) is 20.8 Å². The number of carbonyl (C=O) groups excluding carboxylic acids is 1. The van der Waals surface area contributed by atoms with Gasteiger partial charge in [-0.1, -0.05) is 42.5 Å². The minimum atomic E-state index is -0.248. The lowest BCUT2D eigenvalue weighted by Gasteiger charge is -2.16. The van der Waals surface area contributed by atoms with Crippen molar-refractivity contribution < 1.29 is 9.53 Å². The summed E-state index contributed by atoms with van der Waals surface area (Å²) in [5, 5.41) is 5.39. The van der Waals surface area contributed by atoms with Gasteiger partial charge in [-0.25, -0.2) is 4.98 Å². The molecule has 6 heteroatoms. The lowest BCUT2D eigenvalue weighted by molar-refractivity contribution is 0.102. The zero-order valence-electron chi connectivity index (χ0n) is 19.8. The number of nitrogens with zero attached hydrogens (tertiary/aromatic N) is 2. The van der Waals surface area contributed by atoms with E-state index in [0.717, 1.165) is 16.3 Å². The first-order valence-corrected chi connectivity index (χ1v) is 11.5. The second-order valence-electron chi connectivity index (χ2n) is 8.36. The van der Waals surface area contributed by atoms with Gasteiger partial charge in [0.2, 0.25) is 0 Å². The highest BCUT2D eigenvalue weighted by Crippen LogP contribution is 2.30. The van der Waals surface area contributed by atoms with Crippen LogP contribution in [0.3, 0.4) is 0 Å². The maximum atomic E-state index is 13.4. The fourth-order valence-corrected chi connectivity index (χ4v) is 4.42. The largest absolute Gasteiger partial charge is 0.493 e. The molecule has 1 N–H and O–H groups in total. The van der Waals surface area contributed by atoms with E-state index in [1.807, 2.05) is 93.6 Å². The fraction of sp³-hybridized carbons (Fsp3) is 0.138. The summed E-state index contributed by atoms with van der Waals surface area (Å²) in [6.07, 6.45) is 0. The zero-order valence-corrected chi connectivity index (χ0v) is 19.8. The fourth-order valence-electron chi connectivity index (χ4n) is 4.42. The second-order valence-corrected chi connectivity index (χ2v) is 8.36. The third-order valence-electron chi connectivity index (χ3n) is 6.08. The molecule has 6 nitrogen and oxygen atoms in total. The number of aromatic nitrogens is 2.